The summed E-state index contributed by atoms with van der Waals surface area (Å²) in [6.45, 7) is 4.10. The van der Waals surface area contributed by atoms with Gasteiger partial charge in [-0.1, -0.05) is 0 Å². The SMILES string of the molecule is CCOc1cc(O)c(C)cc1C=CC(=O)c1ccc(O)cc1. The zero-order chi connectivity index (χ0) is 16.1. The van der Waals surface area contributed by atoms with Crippen LogP contribution < -0.4 is 4.74 Å². The number of ether oxygens (including phenoxy) is 1. The maximum absolute atomic E-state index is 12.1. The van der Waals surface area contributed by atoms with Crippen LogP contribution in [0.5, 0.6) is 17.2 Å². The first kappa shape index (κ1) is 15.6. The fourth-order valence-corrected chi connectivity index (χ4v) is 2.00. The van der Waals surface area contributed by atoms with Crippen LogP contribution in [-0.4, -0.2) is 22.6 Å². The van der Waals surface area contributed by atoms with Crippen molar-refractivity contribution in [2.75, 3.05) is 6.61 Å². The van der Waals surface area contributed by atoms with Gasteiger partial charge >= 0.3 is 0 Å². The lowest BCUT2D eigenvalue weighted by atomic mass is 10.1. The predicted octanol–water partition coefficient (Wildman–Crippen LogP) is 3.70. The second kappa shape index (κ2) is 6.80. The second-order valence-electron chi connectivity index (χ2n) is 4.85. The molecular formula is C18H18O4. The Hall–Kier alpha value is -2.75. The molecule has 2 aromatic carbocycles. The Morgan fingerprint density at radius 2 is 1.86 bits per heavy atom. The molecule has 2 N–H and O–H groups in total. The summed E-state index contributed by atoms with van der Waals surface area (Å²) in [4.78, 5) is 12.1. The smallest absolute Gasteiger partial charge is 0.185 e. The maximum atomic E-state index is 12.1. The summed E-state index contributed by atoms with van der Waals surface area (Å²) in [6.07, 6.45) is 3.10. The number of hydrogen-bond donors (Lipinski definition) is 2. The van der Waals surface area contributed by atoms with E-state index >= 15 is 0 Å². The van der Waals surface area contributed by atoms with Crippen LogP contribution in [0.1, 0.15) is 28.4 Å². The Balaban J connectivity index is 2.27. The number of hydrogen-bond acceptors (Lipinski definition) is 4. The monoisotopic (exact) mass is 298 g/mol. The largest absolute Gasteiger partial charge is 0.508 e. The van der Waals surface area contributed by atoms with E-state index in [-0.39, 0.29) is 17.3 Å². The van der Waals surface area contributed by atoms with Gasteiger partial charge in [0, 0.05) is 17.2 Å². The van der Waals surface area contributed by atoms with Crippen LogP contribution in [0, 0.1) is 6.92 Å². The van der Waals surface area contributed by atoms with Crippen molar-refractivity contribution >= 4 is 11.9 Å². The molecule has 114 valence electrons. The zero-order valence-corrected chi connectivity index (χ0v) is 12.5. The molecule has 2 aromatic rings. The topological polar surface area (TPSA) is 66.8 Å². The van der Waals surface area contributed by atoms with Gasteiger partial charge in [-0.3, -0.25) is 4.79 Å². The molecule has 0 fully saturated rings. The van der Waals surface area contributed by atoms with E-state index in [1.54, 1.807) is 37.3 Å². The molecule has 0 amide bonds. The molecule has 22 heavy (non-hydrogen) atoms. The van der Waals surface area contributed by atoms with Gasteiger partial charge in [0.05, 0.1) is 6.61 Å². The van der Waals surface area contributed by atoms with Crippen molar-refractivity contribution < 1.29 is 19.7 Å². The number of aryl methyl sites for hydroxylation is 1. The van der Waals surface area contributed by atoms with Gasteiger partial charge in [-0.2, -0.15) is 0 Å². The number of benzene rings is 2. The molecule has 2 rings (SSSR count). The molecule has 0 aliphatic carbocycles. The van der Waals surface area contributed by atoms with Crippen molar-refractivity contribution in [1.29, 1.82) is 0 Å². The van der Waals surface area contributed by atoms with Crippen LogP contribution >= 0.6 is 0 Å². The lowest BCUT2D eigenvalue weighted by molar-refractivity contribution is 0.104. The first-order valence-electron chi connectivity index (χ1n) is 6.99. The summed E-state index contributed by atoms with van der Waals surface area (Å²) < 4.78 is 5.47. The van der Waals surface area contributed by atoms with Crippen LogP contribution in [-0.2, 0) is 0 Å². The van der Waals surface area contributed by atoms with Crippen molar-refractivity contribution in [3.63, 3.8) is 0 Å². The van der Waals surface area contributed by atoms with E-state index in [0.29, 0.717) is 23.5 Å². The third-order valence-electron chi connectivity index (χ3n) is 3.19. The van der Waals surface area contributed by atoms with Gasteiger partial charge in [0.1, 0.15) is 17.2 Å². The standard InChI is InChI=1S/C18H18O4/c1-3-22-18-11-17(21)12(2)10-14(18)6-9-16(20)13-4-7-15(19)8-5-13/h4-11,19,21H,3H2,1-2H3. The summed E-state index contributed by atoms with van der Waals surface area (Å²) in [6, 6.07) is 9.38. The second-order valence-corrected chi connectivity index (χ2v) is 4.85. The summed E-state index contributed by atoms with van der Waals surface area (Å²) in [5.74, 6) is 0.632. The highest BCUT2D eigenvalue weighted by Gasteiger charge is 2.07. The molecule has 0 radical (unpaired) electrons. The van der Waals surface area contributed by atoms with E-state index in [9.17, 15) is 15.0 Å². The van der Waals surface area contributed by atoms with Gasteiger partial charge in [-0.05, 0) is 61.9 Å². The number of allylic oxidation sites excluding steroid dienone is 1. The number of ketones is 1. The average molecular weight is 298 g/mol. The maximum Gasteiger partial charge on any atom is 0.185 e. The molecule has 0 atom stereocenters. The minimum Gasteiger partial charge on any atom is -0.508 e. The molecule has 0 saturated heterocycles. The fraction of sp³-hybridized carbons (Fsp3) is 0.167. The highest BCUT2D eigenvalue weighted by molar-refractivity contribution is 6.07. The number of phenolic OH excluding ortho intramolecular Hbond substituents is 2. The van der Waals surface area contributed by atoms with E-state index in [1.165, 1.54) is 18.2 Å². The Morgan fingerprint density at radius 3 is 2.50 bits per heavy atom. The molecule has 4 heteroatoms. The van der Waals surface area contributed by atoms with Crippen LogP contribution in [0.3, 0.4) is 0 Å². The molecule has 0 bridgehead atoms. The average Bonchev–Trinajstić information content (AvgIpc) is 2.50. The van der Waals surface area contributed by atoms with Crippen LogP contribution in [0.2, 0.25) is 0 Å². The molecule has 0 unspecified atom stereocenters. The van der Waals surface area contributed by atoms with Gasteiger partial charge in [0.25, 0.3) is 0 Å². The Morgan fingerprint density at radius 1 is 1.18 bits per heavy atom. The normalized spacial score (nSPS) is 10.8. The van der Waals surface area contributed by atoms with Crippen molar-refractivity contribution in [2.45, 2.75) is 13.8 Å². The predicted molar refractivity (Wildman–Crippen MR) is 85.5 cm³/mol. The van der Waals surface area contributed by atoms with Crippen molar-refractivity contribution in [1.82, 2.24) is 0 Å². The third-order valence-corrected chi connectivity index (χ3v) is 3.19. The van der Waals surface area contributed by atoms with Crippen molar-refractivity contribution in [2.24, 2.45) is 0 Å². The summed E-state index contributed by atoms with van der Waals surface area (Å²) in [5.41, 5.74) is 1.92. The summed E-state index contributed by atoms with van der Waals surface area (Å²) >= 11 is 0. The lowest BCUT2D eigenvalue weighted by Crippen LogP contribution is -1.96. The number of phenols is 2. The van der Waals surface area contributed by atoms with E-state index < -0.39 is 0 Å². The van der Waals surface area contributed by atoms with Gasteiger partial charge in [-0.15, -0.1) is 0 Å². The first-order chi connectivity index (χ1) is 10.5. The lowest BCUT2D eigenvalue weighted by Gasteiger charge is -2.09. The molecule has 4 nitrogen and oxygen atoms in total. The highest BCUT2D eigenvalue weighted by atomic mass is 16.5. The van der Waals surface area contributed by atoms with Crippen molar-refractivity contribution in [3.05, 3.63) is 59.2 Å². The van der Waals surface area contributed by atoms with Gasteiger partial charge in [0.15, 0.2) is 5.78 Å². The third kappa shape index (κ3) is 3.67. The molecule has 0 spiro atoms. The summed E-state index contributed by atoms with van der Waals surface area (Å²) in [7, 11) is 0. The summed E-state index contributed by atoms with van der Waals surface area (Å²) in [5, 5.41) is 19.0. The minimum absolute atomic E-state index is 0.119. The van der Waals surface area contributed by atoms with E-state index in [0.717, 1.165) is 5.56 Å². The van der Waals surface area contributed by atoms with Gasteiger partial charge < -0.3 is 14.9 Å². The number of carbonyl (C=O) groups is 1. The Bertz CT molecular complexity index is 700. The van der Waals surface area contributed by atoms with Crippen LogP contribution in [0.25, 0.3) is 6.08 Å². The molecular weight excluding hydrogens is 280 g/mol. The number of rotatable bonds is 5. The van der Waals surface area contributed by atoms with E-state index in [2.05, 4.69) is 0 Å². The number of carbonyl (C=O) groups excluding carboxylic acids is 1. The quantitative estimate of drug-likeness (QED) is 0.652. The molecule has 0 saturated carbocycles. The van der Waals surface area contributed by atoms with Gasteiger partial charge in [0.2, 0.25) is 0 Å². The Kier molecular flexibility index (Phi) is 4.84. The minimum atomic E-state index is -0.173. The fourth-order valence-electron chi connectivity index (χ4n) is 2.00. The van der Waals surface area contributed by atoms with E-state index in [4.69, 9.17) is 4.74 Å². The highest BCUT2D eigenvalue weighted by Crippen LogP contribution is 2.29. The zero-order valence-electron chi connectivity index (χ0n) is 12.5. The van der Waals surface area contributed by atoms with E-state index in [1.807, 2.05) is 6.92 Å². The van der Waals surface area contributed by atoms with Crippen LogP contribution in [0.4, 0.5) is 0 Å². The van der Waals surface area contributed by atoms with Crippen molar-refractivity contribution in [3.8, 4) is 17.2 Å². The van der Waals surface area contributed by atoms with Crippen LogP contribution in [0.15, 0.2) is 42.5 Å². The number of aromatic hydroxyl groups is 2. The molecule has 0 aromatic heterocycles. The first-order valence-corrected chi connectivity index (χ1v) is 6.99. The molecule has 0 aliphatic heterocycles. The van der Waals surface area contributed by atoms with Gasteiger partial charge in [-0.25, -0.2) is 0 Å². The molecule has 0 aliphatic rings. The molecule has 0 heterocycles. The Labute approximate surface area is 129 Å².